The van der Waals surface area contributed by atoms with Gasteiger partial charge in [-0.1, -0.05) is 17.7 Å². The molecule has 134 valence electrons. The van der Waals surface area contributed by atoms with E-state index >= 15 is 0 Å². The molecule has 3 N–H and O–H groups in total. The SMILES string of the molecule is Cc1ccc2c(c1)/C(=N/NC(=S)Nc1cccc(C(F)(F)F)c1)C(=O)N2. The van der Waals surface area contributed by atoms with Crippen molar-refractivity contribution < 1.29 is 18.0 Å². The monoisotopic (exact) mass is 378 g/mol. The van der Waals surface area contributed by atoms with Gasteiger partial charge in [-0.3, -0.25) is 10.2 Å². The second-order valence-corrected chi connectivity index (χ2v) is 6.02. The molecule has 0 spiro atoms. The van der Waals surface area contributed by atoms with Gasteiger partial charge in [-0.15, -0.1) is 0 Å². The maximum atomic E-state index is 12.7. The van der Waals surface area contributed by atoms with Crippen LogP contribution in [-0.2, 0) is 11.0 Å². The van der Waals surface area contributed by atoms with Gasteiger partial charge in [0.1, 0.15) is 0 Å². The first-order valence-corrected chi connectivity index (χ1v) is 7.89. The highest BCUT2D eigenvalue weighted by atomic mass is 32.1. The third kappa shape index (κ3) is 3.83. The van der Waals surface area contributed by atoms with Crippen LogP contribution in [0.1, 0.15) is 16.7 Å². The van der Waals surface area contributed by atoms with E-state index < -0.39 is 11.7 Å². The van der Waals surface area contributed by atoms with Crippen LogP contribution in [0, 0.1) is 6.92 Å². The zero-order valence-electron chi connectivity index (χ0n) is 13.4. The van der Waals surface area contributed by atoms with Crippen molar-refractivity contribution in [2.75, 3.05) is 10.6 Å². The molecular weight excluding hydrogens is 365 g/mol. The highest BCUT2D eigenvalue weighted by Crippen LogP contribution is 2.30. The third-order valence-electron chi connectivity index (χ3n) is 3.61. The quantitative estimate of drug-likeness (QED) is 0.551. The molecular formula is C17H13F3N4OS. The molecule has 0 aliphatic carbocycles. The van der Waals surface area contributed by atoms with Gasteiger partial charge in [0.15, 0.2) is 10.8 Å². The molecule has 0 atom stereocenters. The summed E-state index contributed by atoms with van der Waals surface area (Å²) in [5.41, 5.74) is 4.22. The third-order valence-corrected chi connectivity index (χ3v) is 3.80. The van der Waals surface area contributed by atoms with Gasteiger partial charge in [0.2, 0.25) is 0 Å². The molecule has 0 fully saturated rings. The van der Waals surface area contributed by atoms with E-state index in [2.05, 4.69) is 21.2 Å². The minimum absolute atomic E-state index is 0.0364. The fourth-order valence-electron chi connectivity index (χ4n) is 2.42. The molecule has 2 aromatic rings. The summed E-state index contributed by atoms with van der Waals surface area (Å²) in [7, 11) is 0. The number of fused-ring (bicyclic) bond motifs is 1. The van der Waals surface area contributed by atoms with E-state index in [1.165, 1.54) is 12.1 Å². The predicted octanol–water partition coefficient (Wildman–Crippen LogP) is 3.66. The van der Waals surface area contributed by atoms with E-state index in [0.717, 1.165) is 17.7 Å². The number of thiocarbonyl (C=S) groups is 1. The van der Waals surface area contributed by atoms with E-state index in [9.17, 15) is 18.0 Å². The molecule has 2 aromatic carbocycles. The van der Waals surface area contributed by atoms with Gasteiger partial charge in [0.25, 0.3) is 5.91 Å². The van der Waals surface area contributed by atoms with Gasteiger partial charge < -0.3 is 10.6 Å². The molecule has 3 rings (SSSR count). The average molecular weight is 378 g/mol. The largest absolute Gasteiger partial charge is 0.416 e. The maximum Gasteiger partial charge on any atom is 0.416 e. The molecule has 9 heteroatoms. The van der Waals surface area contributed by atoms with E-state index in [1.54, 1.807) is 12.1 Å². The first-order chi connectivity index (χ1) is 12.2. The summed E-state index contributed by atoms with van der Waals surface area (Å²) in [4.78, 5) is 12.0. The lowest BCUT2D eigenvalue weighted by Gasteiger charge is -2.11. The van der Waals surface area contributed by atoms with Gasteiger partial charge in [0.05, 0.1) is 11.3 Å². The number of benzene rings is 2. The van der Waals surface area contributed by atoms with E-state index in [4.69, 9.17) is 12.2 Å². The van der Waals surface area contributed by atoms with Crippen LogP contribution in [-0.4, -0.2) is 16.7 Å². The first kappa shape index (κ1) is 17.9. The lowest BCUT2D eigenvalue weighted by molar-refractivity contribution is -0.137. The van der Waals surface area contributed by atoms with E-state index in [-0.39, 0.29) is 22.4 Å². The van der Waals surface area contributed by atoms with Crippen molar-refractivity contribution in [2.45, 2.75) is 13.1 Å². The Kier molecular flexibility index (Phi) is 4.64. The van der Waals surface area contributed by atoms with Gasteiger partial charge in [-0.2, -0.15) is 18.3 Å². The molecule has 5 nitrogen and oxygen atoms in total. The molecule has 0 saturated carbocycles. The number of rotatable bonds is 2. The smallest absolute Gasteiger partial charge is 0.331 e. The Balaban J connectivity index is 1.73. The van der Waals surface area contributed by atoms with Gasteiger partial charge in [0, 0.05) is 11.3 Å². The summed E-state index contributed by atoms with van der Waals surface area (Å²) < 4.78 is 38.2. The Morgan fingerprint density at radius 1 is 1.19 bits per heavy atom. The fraction of sp³-hybridized carbons (Fsp3) is 0.118. The Labute approximate surface area is 152 Å². The number of carbonyl (C=O) groups is 1. The summed E-state index contributed by atoms with van der Waals surface area (Å²) in [6, 6.07) is 10.0. The fourth-order valence-corrected chi connectivity index (χ4v) is 2.58. The number of carbonyl (C=O) groups excluding carboxylic acids is 1. The van der Waals surface area contributed by atoms with Crippen LogP contribution < -0.4 is 16.1 Å². The summed E-state index contributed by atoms with van der Waals surface area (Å²) in [6.45, 7) is 1.88. The Bertz CT molecular complexity index is 924. The summed E-state index contributed by atoms with van der Waals surface area (Å²) >= 11 is 5.03. The van der Waals surface area contributed by atoms with Crippen LogP contribution in [0.4, 0.5) is 24.5 Å². The normalized spacial score (nSPS) is 14.8. The molecule has 0 radical (unpaired) electrons. The number of alkyl halides is 3. The maximum absolute atomic E-state index is 12.7. The minimum atomic E-state index is -4.45. The molecule has 1 aliphatic heterocycles. The van der Waals surface area contributed by atoms with Crippen molar-refractivity contribution in [1.82, 2.24) is 5.43 Å². The number of hydrazone groups is 1. The number of aryl methyl sites for hydroxylation is 1. The number of nitrogens with zero attached hydrogens (tertiary/aromatic N) is 1. The average Bonchev–Trinajstić information content (AvgIpc) is 2.87. The van der Waals surface area contributed by atoms with Crippen LogP contribution in [0.25, 0.3) is 0 Å². The molecule has 0 aromatic heterocycles. The Morgan fingerprint density at radius 2 is 1.96 bits per heavy atom. The Morgan fingerprint density at radius 3 is 2.69 bits per heavy atom. The summed E-state index contributed by atoms with van der Waals surface area (Å²) in [6.07, 6.45) is -4.45. The van der Waals surface area contributed by atoms with Crippen molar-refractivity contribution in [3.63, 3.8) is 0 Å². The van der Waals surface area contributed by atoms with Gasteiger partial charge >= 0.3 is 6.18 Å². The molecule has 1 aliphatic rings. The first-order valence-electron chi connectivity index (χ1n) is 7.48. The molecule has 0 bridgehead atoms. The van der Waals surface area contributed by atoms with Crippen LogP contribution in [0.3, 0.4) is 0 Å². The summed E-state index contributed by atoms with van der Waals surface area (Å²) in [5.74, 6) is -0.389. The second-order valence-electron chi connectivity index (χ2n) is 5.61. The van der Waals surface area contributed by atoms with Crippen LogP contribution >= 0.6 is 12.2 Å². The summed E-state index contributed by atoms with van der Waals surface area (Å²) in [5, 5.41) is 9.23. The number of nitrogens with one attached hydrogen (secondary N) is 3. The minimum Gasteiger partial charge on any atom is -0.331 e. The molecule has 1 amide bonds. The molecule has 26 heavy (non-hydrogen) atoms. The zero-order chi connectivity index (χ0) is 18.9. The number of amides is 1. The van der Waals surface area contributed by atoms with Crippen molar-refractivity contribution >= 4 is 40.3 Å². The lowest BCUT2D eigenvalue weighted by Crippen LogP contribution is -2.27. The lowest BCUT2D eigenvalue weighted by atomic mass is 10.1. The van der Waals surface area contributed by atoms with Crippen LogP contribution in [0.15, 0.2) is 47.6 Å². The van der Waals surface area contributed by atoms with Gasteiger partial charge in [-0.05, 0) is 49.5 Å². The second kappa shape index (κ2) is 6.75. The van der Waals surface area contributed by atoms with E-state index in [1.807, 2.05) is 13.0 Å². The van der Waals surface area contributed by atoms with Gasteiger partial charge in [-0.25, -0.2) is 0 Å². The van der Waals surface area contributed by atoms with Crippen molar-refractivity contribution in [3.8, 4) is 0 Å². The van der Waals surface area contributed by atoms with Crippen LogP contribution in [0.5, 0.6) is 0 Å². The van der Waals surface area contributed by atoms with E-state index in [0.29, 0.717) is 11.3 Å². The molecule has 0 unspecified atom stereocenters. The van der Waals surface area contributed by atoms with Crippen molar-refractivity contribution in [2.24, 2.45) is 5.10 Å². The number of hydrogen-bond acceptors (Lipinski definition) is 3. The predicted molar refractivity (Wildman–Crippen MR) is 97.1 cm³/mol. The topological polar surface area (TPSA) is 65.5 Å². The highest BCUT2D eigenvalue weighted by molar-refractivity contribution is 7.80. The molecule has 1 heterocycles. The van der Waals surface area contributed by atoms with Crippen molar-refractivity contribution in [1.29, 1.82) is 0 Å². The number of hydrogen-bond donors (Lipinski definition) is 3. The van der Waals surface area contributed by atoms with Crippen molar-refractivity contribution in [3.05, 3.63) is 59.2 Å². The zero-order valence-corrected chi connectivity index (χ0v) is 14.3. The number of anilines is 2. The van der Waals surface area contributed by atoms with Crippen LogP contribution in [0.2, 0.25) is 0 Å². The number of halogens is 3. The Hall–Kier alpha value is -2.94. The highest BCUT2D eigenvalue weighted by Gasteiger charge is 2.30. The molecule has 0 saturated heterocycles. The standard InChI is InChI=1S/C17H13F3N4OS/c1-9-5-6-13-12(7-9)14(15(25)22-13)23-24-16(26)21-11-4-2-3-10(8-11)17(18,19)20/h2-8H,1H3,(H2,21,24,26)(H,22,23,25).